The molecule has 0 spiro atoms. The van der Waals surface area contributed by atoms with Crippen LogP contribution in [0.5, 0.6) is 17.2 Å². The Morgan fingerprint density at radius 2 is 1.76 bits per heavy atom. The standard InChI is InChI=1S/C15H21N3O3/c1-18-12(6-8-17-18)5-7-16-11-9-13(19-2)15(21-4)14(10-11)20-3/h6,8-10,16H,5,7H2,1-4H3. The van der Waals surface area contributed by atoms with E-state index in [0.717, 1.165) is 18.7 Å². The topological polar surface area (TPSA) is 57.5 Å². The minimum Gasteiger partial charge on any atom is -0.493 e. The number of nitrogens with zero attached hydrogens (tertiary/aromatic N) is 2. The van der Waals surface area contributed by atoms with Crippen LogP contribution in [0.4, 0.5) is 5.69 Å². The first-order chi connectivity index (χ1) is 10.2. The number of hydrogen-bond acceptors (Lipinski definition) is 5. The highest BCUT2D eigenvalue weighted by molar-refractivity contribution is 5.62. The first-order valence-electron chi connectivity index (χ1n) is 6.70. The van der Waals surface area contributed by atoms with Crippen molar-refractivity contribution in [1.82, 2.24) is 9.78 Å². The average molecular weight is 291 g/mol. The van der Waals surface area contributed by atoms with Crippen molar-refractivity contribution in [1.29, 1.82) is 0 Å². The summed E-state index contributed by atoms with van der Waals surface area (Å²) in [5, 5.41) is 7.51. The number of ether oxygens (including phenoxy) is 3. The van der Waals surface area contributed by atoms with Gasteiger partial charge in [-0.2, -0.15) is 5.10 Å². The molecule has 0 saturated heterocycles. The third kappa shape index (κ3) is 3.39. The molecule has 1 heterocycles. The van der Waals surface area contributed by atoms with Crippen LogP contribution in [0.15, 0.2) is 24.4 Å². The smallest absolute Gasteiger partial charge is 0.203 e. The molecule has 6 nitrogen and oxygen atoms in total. The molecule has 0 unspecified atom stereocenters. The molecule has 21 heavy (non-hydrogen) atoms. The highest BCUT2D eigenvalue weighted by Gasteiger charge is 2.12. The predicted molar refractivity (Wildman–Crippen MR) is 81.5 cm³/mol. The first kappa shape index (κ1) is 15.0. The molecule has 1 aromatic heterocycles. The molecule has 2 aromatic rings. The number of nitrogens with one attached hydrogen (secondary N) is 1. The zero-order chi connectivity index (χ0) is 15.2. The van der Waals surface area contributed by atoms with Gasteiger partial charge in [0.25, 0.3) is 0 Å². The lowest BCUT2D eigenvalue weighted by Gasteiger charge is -2.15. The summed E-state index contributed by atoms with van der Waals surface area (Å²) in [5.74, 6) is 1.87. The van der Waals surface area contributed by atoms with Crippen molar-refractivity contribution in [2.75, 3.05) is 33.2 Å². The lowest BCUT2D eigenvalue weighted by Crippen LogP contribution is -2.08. The maximum Gasteiger partial charge on any atom is 0.203 e. The second-order valence-corrected chi connectivity index (χ2v) is 4.54. The van der Waals surface area contributed by atoms with Gasteiger partial charge in [-0.1, -0.05) is 0 Å². The predicted octanol–water partition coefficient (Wildman–Crippen LogP) is 2.10. The molecule has 0 saturated carbocycles. The van der Waals surface area contributed by atoms with Gasteiger partial charge in [0.15, 0.2) is 11.5 Å². The molecule has 2 rings (SSSR count). The highest BCUT2D eigenvalue weighted by atomic mass is 16.5. The summed E-state index contributed by atoms with van der Waals surface area (Å²) in [6.45, 7) is 0.790. The van der Waals surface area contributed by atoms with E-state index in [4.69, 9.17) is 14.2 Å². The monoisotopic (exact) mass is 291 g/mol. The number of rotatable bonds is 7. The molecule has 0 bridgehead atoms. The molecule has 0 radical (unpaired) electrons. The van der Waals surface area contributed by atoms with E-state index in [9.17, 15) is 0 Å². The van der Waals surface area contributed by atoms with E-state index in [1.165, 1.54) is 5.69 Å². The summed E-state index contributed by atoms with van der Waals surface area (Å²) in [7, 11) is 6.75. The van der Waals surface area contributed by atoms with Crippen molar-refractivity contribution in [2.24, 2.45) is 7.05 Å². The van der Waals surface area contributed by atoms with Gasteiger partial charge in [-0.15, -0.1) is 0 Å². The number of benzene rings is 1. The largest absolute Gasteiger partial charge is 0.493 e. The normalized spacial score (nSPS) is 10.3. The molecule has 0 aliphatic heterocycles. The van der Waals surface area contributed by atoms with Crippen LogP contribution in [0.1, 0.15) is 5.69 Å². The number of aryl methyl sites for hydroxylation is 1. The fourth-order valence-electron chi connectivity index (χ4n) is 2.16. The molecule has 0 atom stereocenters. The van der Waals surface area contributed by atoms with E-state index in [-0.39, 0.29) is 0 Å². The Kier molecular flexibility index (Phi) is 4.92. The van der Waals surface area contributed by atoms with Crippen molar-refractivity contribution in [3.05, 3.63) is 30.1 Å². The minimum atomic E-state index is 0.595. The third-order valence-electron chi connectivity index (χ3n) is 3.30. The summed E-state index contributed by atoms with van der Waals surface area (Å²) in [5.41, 5.74) is 2.10. The van der Waals surface area contributed by atoms with Crippen molar-refractivity contribution in [3.63, 3.8) is 0 Å². The summed E-state index contributed by atoms with van der Waals surface area (Å²) in [6.07, 6.45) is 2.68. The lowest BCUT2D eigenvalue weighted by atomic mass is 10.2. The molecule has 0 amide bonds. The maximum absolute atomic E-state index is 5.33. The SMILES string of the molecule is COc1cc(NCCc2ccnn2C)cc(OC)c1OC. The number of methoxy groups -OCH3 is 3. The van der Waals surface area contributed by atoms with Crippen LogP contribution in [0.2, 0.25) is 0 Å². The van der Waals surface area contributed by atoms with Gasteiger partial charge >= 0.3 is 0 Å². The third-order valence-corrected chi connectivity index (χ3v) is 3.30. The Bertz CT molecular complexity index is 571. The Morgan fingerprint density at radius 1 is 1.10 bits per heavy atom. The van der Waals surface area contributed by atoms with Gasteiger partial charge in [0.1, 0.15) is 0 Å². The highest BCUT2D eigenvalue weighted by Crippen LogP contribution is 2.39. The first-order valence-corrected chi connectivity index (χ1v) is 6.70. The number of hydrogen-bond donors (Lipinski definition) is 1. The quantitative estimate of drug-likeness (QED) is 0.846. The Morgan fingerprint density at radius 3 is 2.24 bits per heavy atom. The molecular formula is C15H21N3O3. The van der Waals surface area contributed by atoms with Gasteiger partial charge < -0.3 is 19.5 Å². The molecular weight excluding hydrogens is 270 g/mol. The van der Waals surface area contributed by atoms with E-state index < -0.39 is 0 Å². The Labute approximate surface area is 124 Å². The molecule has 1 aromatic carbocycles. The van der Waals surface area contributed by atoms with E-state index >= 15 is 0 Å². The van der Waals surface area contributed by atoms with Gasteiger partial charge in [0.05, 0.1) is 21.3 Å². The average Bonchev–Trinajstić information content (AvgIpc) is 2.91. The zero-order valence-corrected chi connectivity index (χ0v) is 12.8. The lowest BCUT2D eigenvalue weighted by molar-refractivity contribution is 0.324. The number of anilines is 1. The van der Waals surface area contributed by atoms with Gasteiger partial charge in [-0.25, -0.2) is 0 Å². The van der Waals surface area contributed by atoms with Gasteiger partial charge in [0.2, 0.25) is 5.75 Å². The van der Waals surface area contributed by atoms with Crippen molar-refractivity contribution in [2.45, 2.75) is 6.42 Å². The molecule has 0 aliphatic rings. The van der Waals surface area contributed by atoms with Crippen molar-refractivity contribution < 1.29 is 14.2 Å². The second kappa shape index (κ2) is 6.88. The van der Waals surface area contributed by atoms with E-state index in [1.54, 1.807) is 27.5 Å². The van der Waals surface area contributed by atoms with Crippen molar-refractivity contribution in [3.8, 4) is 17.2 Å². The van der Waals surface area contributed by atoms with Crippen LogP contribution in [0.3, 0.4) is 0 Å². The zero-order valence-electron chi connectivity index (χ0n) is 12.8. The van der Waals surface area contributed by atoms with Crippen LogP contribution in [-0.4, -0.2) is 37.7 Å². The number of aromatic nitrogens is 2. The van der Waals surface area contributed by atoms with Crippen molar-refractivity contribution >= 4 is 5.69 Å². The van der Waals surface area contributed by atoms with Crippen LogP contribution in [-0.2, 0) is 13.5 Å². The van der Waals surface area contributed by atoms with E-state index in [2.05, 4.69) is 10.4 Å². The minimum absolute atomic E-state index is 0.595. The molecule has 1 N–H and O–H groups in total. The van der Waals surface area contributed by atoms with Gasteiger partial charge in [-0.3, -0.25) is 4.68 Å². The fraction of sp³-hybridized carbons (Fsp3) is 0.400. The molecule has 6 heteroatoms. The van der Waals surface area contributed by atoms with Gasteiger partial charge in [0, 0.05) is 49.7 Å². The molecule has 0 aliphatic carbocycles. The summed E-state index contributed by atoms with van der Waals surface area (Å²) in [6, 6.07) is 5.80. The van der Waals surface area contributed by atoms with Crippen LogP contribution >= 0.6 is 0 Å². The summed E-state index contributed by atoms with van der Waals surface area (Å²) in [4.78, 5) is 0. The Balaban J connectivity index is 2.08. The van der Waals surface area contributed by atoms with Crippen LogP contribution < -0.4 is 19.5 Å². The fourth-order valence-corrected chi connectivity index (χ4v) is 2.16. The summed E-state index contributed by atoms with van der Waals surface area (Å²) >= 11 is 0. The summed E-state index contributed by atoms with van der Waals surface area (Å²) < 4.78 is 17.8. The van der Waals surface area contributed by atoms with Crippen LogP contribution in [0, 0.1) is 0 Å². The molecule has 0 fully saturated rings. The second-order valence-electron chi connectivity index (χ2n) is 4.54. The van der Waals surface area contributed by atoms with E-state index in [1.807, 2.05) is 29.9 Å². The van der Waals surface area contributed by atoms with E-state index in [0.29, 0.717) is 17.2 Å². The Hall–Kier alpha value is -2.37. The maximum atomic E-state index is 5.33. The van der Waals surface area contributed by atoms with Crippen LogP contribution in [0.25, 0.3) is 0 Å². The van der Waals surface area contributed by atoms with Gasteiger partial charge in [-0.05, 0) is 6.07 Å². The molecule has 114 valence electrons.